The van der Waals surface area contributed by atoms with Crippen LogP contribution in [0, 0.1) is 0 Å². The van der Waals surface area contributed by atoms with Crippen molar-refractivity contribution < 1.29 is 10.2 Å². The number of hydrogen-bond acceptors (Lipinski definition) is 5. The second-order valence-corrected chi connectivity index (χ2v) is 5.91. The molecule has 0 aromatic heterocycles. The fourth-order valence-corrected chi connectivity index (χ4v) is 2.50. The van der Waals surface area contributed by atoms with Crippen molar-refractivity contribution in [1.82, 2.24) is 10.2 Å². The molecule has 0 aliphatic carbocycles. The van der Waals surface area contributed by atoms with E-state index < -0.39 is 6.23 Å². The molecule has 0 spiro atoms. The molecule has 0 saturated heterocycles. The van der Waals surface area contributed by atoms with Gasteiger partial charge in [-0.3, -0.25) is 0 Å². The van der Waals surface area contributed by atoms with E-state index in [2.05, 4.69) is 11.6 Å². The summed E-state index contributed by atoms with van der Waals surface area (Å²) in [6.45, 7) is 2.02. The molecule has 0 amide bonds. The van der Waals surface area contributed by atoms with Crippen molar-refractivity contribution in [3.63, 3.8) is 0 Å². The average molecular weight is 306 g/mol. The number of aliphatic hydroxyl groups excluding tert-OH is 2. The summed E-state index contributed by atoms with van der Waals surface area (Å²) in [5.74, 6) is 1.06. The number of rotatable bonds is 7. The first-order chi connectivity index (χ1) is 10.2. The van der Waals surface area contributed by atoms with Gasteiger partial charge in [0.05, 0.1) is 0 Å². The molecule has 1 atom stereocenters. The molecule has 2 rings (SSSR count). The second kappa shape index (κ2) is 8.12. The zero-order valence-electron chi connectivity index (χ0n) is 12.2. The summed E-state index contributed by atoms with van der Waals surface area (Å²) < 4.78 is 0. The topological polar surface area (TPSA) is 55.7 Å². The molecule has 0 bridgehead atoms. The zero-order valence-corrected chi connectivity index (χ0v) is 13.0. The van der Waals surface area contributed by atoms with Crippen LogP contribution in [0.15, 0.2) is 53.9 Å². The van der Waals surface area contributed by atoms with Crippen molar-refractivity contribution in [2.45, 2.75) is 12.8 Å². The maximum atomic E-state index is 10.2. The summed E-state index contributed by atoms with van der Waals surface area (Å²) in [4.78, 5) is 1.72. The van der Waals surface area contributed by atoms with Gasteiger partial charge < -0.3 is 20.4 Å². The molecule has 5 heteroatoms. The van der Waals surface area contributed by atoms with E-state index in [1.54, 1.807) is 16.7 Å². The van der Waals surface area contributed by atoms with E-state index in [-0.39, 0.29) is 5.76 Å². The van der Waals surface area contributed by atoms with Gasteiger partial charge >= 0.3 is 0 Å². The van der Waals surface area contributed by atoms with Gasteiger partial charge in [-0.2, -0.15) is 11.8 Å². The van der Waals surface area contributed by atoms with Crippen LogP contribution in [-0.2, 0) is 6.54 Å². The average Bonchev–Trinajstić information content (AvgIpc) is 2.51. The van der Waals surface area contributed by atoms with Crippen molar-refractivity contribution in [2.75, 3.05) is 25.1 Å². The zero-order chi connectivity index (χ0) is 15.1. The summed E-state index contributed by atoms with van der Waals surface area (Å²) in [6, 6.07) is 9.89. The Morgan fingerprint density at radius 3 is 2.76 bits per heavy atom. The summed E-state index contributed by atoms with van der Waals surface area (Å²) in [6.07, 6.45) is 4.78. The van der Waals surface area contributed by atoms with Crippen molar-refractivity contribution in [3.05, 3.63) is 59.5 Å². The quantitative estimate of drug-likeness (QED) is 0.674. The Kier molecular flexibility index (Phi) is 6.17. The van der Waals surface area contributed by atoms with E-state index in [0.29, 0.717) is 13.1 Å². The lowest BCUT2D eigenvalue weighted by Crippen LogP contribution is -2.36. The molecule has 1 aromatic rings. The Labute approximate surface area is 130 Å². The molecule has 0 fully saturated rings. The third-order valence-corrected chi connectivity index (χ3v) is 3.97. The number of thioether (sulfide) groups is 1. The van der Waals surface area contributed by atoms with Gasteiger partial charge in [-0.1, -0.05) is 30.3 Å². The fourth-order valence-electron chi connectivity index (χ4n) is 2.16. The Balaban J connectivity index is 1.93. The largest absolute Gasteiger partial charge is 0.507 e. The van der Waals surface area contributed by atoms with E-state index in [1.807, 2.05) is 42.6 Å². The van der Waals surface area contributed by atoms with Crippen molar-refractivity contribution in [3.8, 4) is 0 Å². The van der Waals surface area contributed by atoms with Crippen LogP contribution in [0.25, 0.3) is 0 Å². The van der Waals surface area contributed by atoms with Crippen molar-refractivity contribution in [2.24, 2.45) is 0 Å². The lowest BCUT2D eigenvalue weighted by atomic mass is 10.1. The first-order valence-electron chi connectivity index (χ1n) is 7.00. The first kappa shape index (κ1) is 15.9. The highest BCUT2D eigenvalue weighted by Crippen LogP contribution is 2.20. The van der Waals surface area contributed by atoms with Crippen LogP contribution < -0.4 is 5.32 Å². The standard InChI is InChI=1S/C16H22N2O2S/c1-21-10-8-17-11-14-7-9-18(16(20)15(14)19)12-13-5-3-2-4-6-13/h2-7,9,16-17,19-20H,8,10-12H2,1H3. The SMILES string of the molecule is CSCCNCC1=C(O)C(O)N(Cc2ccccc2)C=C1. The lowest BCUT2D eigenvalue weighted by Gasteiger charge is -2.30. The molecule has 21 heavy (non-hydrogen) atoms. The minimum Gasteiger partial charge on any atom is -0.507 e. The Morgan fingerprint density at radius 2 is 2.05 bits per heavy atom. The third kappa shape index (κ3) is 4.52. The lowest BCUT2D eigenvalue weighted by molar-refractivity contribution is 0.0248. The van der Waals surface area contributed by atoms with Gasteiger partial charge in [0.2, 0.25) is 0 Å². The monoisotopic (exact) mass is 306 g/mol. The maximum absolute atomic E-state index is 10.2. The molecule has 1 aliphatic heterocycles. The van der Waals surface area contributed by atoms with Crippen molar-refractivity contribution in [1.29, 1.82) is 0 Å². The molecule has 4 nitrogen and oxygen atoms in total. The molecule has 1 unspecified atom stereocenters. The summed E-state index contributed by atoms with van der Waals surface area (Å²) in [7, 11) is 0. The smallest absolute Gasteiger partial charge is 0.185 e. The van der Waals surface area contributed by atoms with Crippen LogP contribution in [0.2, 0.25) is 0 Å². The number of nitrogens with zero attached hydrogens (tertiary/aromatic N) is 1. The summed E-state index contributed by atoms with van der Waals surface area (Å²) >= 11 is 1.77. The minimum absolute atomic E-state index is 0.0325. The molecule has 1 heterocycles. The van der Waals surface area contributed by atoms with Crippen LogP contribution in [0.4, 0.5) is 0 Å². The maximum Gasteiger partial charge on any atom is 0.185 e. The van der Waals surface area contributed by atoms with Gasteiger partial charge in [0.1, 0.15) is 5.76 Å². The predicted molar refractivity (Wildman–Crippen MR) is 88.0 cm³/mol. The van der Waals surface area contributed by atoms with Gasteiger partial charge in [0.15, 0.2) is 6.23 Å². The third-order valence-electron chi connectivity index (χ3n) is 3.36. The highest BCUT2D eigenvalue weighted by molar-refractivity contribution is 7.98. The van der Waals surface area contributed by atoms with E-state index in [4.69, 9.17) is 0 Å². The molecule has 114 valence electrons. The molecule has 1 aliphatic rings. The second-order valence-electron chi connectivity index (χ2n) is 4.93. The predicted octanol–water partition coefficient (Wildman–Crippen LogP) is 2.10. The van der Waals surface area contributed by atoms with Crippen molar-refractivity contribution >= 4 is 11.8 Å². The first-order valence-corrected chi connectivity index (χ1v) is 8.39. The van der Waals surface area contributed by atoms with E-state index in [0.717, 1.165) is 23.4 Å². The van der Waals surface area contributed by atoms with Gasteiger partial charge in [0.25, 0.3) is 0 Å². The number of aliphatic hydroxyl groups is 2. The van der Waals surface area contributed by atoms with Gasteiger partial charge in [-0.05, 0) is 17.9 Å². The van der Waals surface area contributed by atoms with Gasteiger partial charge in [-0.15, -0.1) is 0 Å². The molecule has 3 N–H and O–H groups in total. The molecule has 1 aromatic carbocycles. The fraction of sp³-hybridized carbons (Fsp3) is 0.375. The highest BCUT2D eigenvalue weighted by atomic mass is 32.2. The Hall–Kier alpha value is -1.43. The van der Waals surface area contributed by atoms with E-state index in [1.165, 1.54) is 0 Å². The van der Waals surface area contributed by atoms with Crippen LogP contribution in [0.3, 0.4) is 0 Å². The van der Waals surface area contributed by atoms with E-state index in [9.17, 15) is 10.2 Å². The van der Waals surface area contributed by atoms with Crippen LogP contribution >= 0.6 is 11.8 Å². The van der Waals surface area contributed by atoms with E-state index >= 15 is 0 Å². The molecule has 0 saturated carbocycles. The summed E-state index contributed by atoms with van der Waals surface area (Å²) in [5.41, 5.74) is 1.84. The Bertz CT molecular complexity index is 502. The van der Waals surface area contributed by atoms with Gasteiger partial charge in [-0.25, -0.2) is 0 Å². The number of nitrogens with one attached hydrogen (secondary N) is 1. The minimum atomic E-state index is -0.979. The highest BCUT2D eigenvalue weighted by Gasteiger charge is 2.23. The normalized spacial score (nSPS) is 18.4. The molecular formula is C16H22N2O2S. The Morgan fingerprint density at radius 1 is 1.29 bits per heavy atom. The van der Waals surface area contributed by atoms with Crippen LogP contribution in [0.1, 0.15) is 5.56 Å². The number of benzene rings is 1. The van der Waals surface area contributed by atoms with Gasteiger partial charge in [0, 0.05) is 37.2 Å². The number of hydrogen-bond donors (Lipinski definition) is 3. The van der Waals surface area contributed by atoms with Crippen LogP contribution in [0.5, 0.6) is 0 Å². The summed E-state index contributed by atoms with van der Waals surface area (Å²) in [5, 5.41) is 23.6. The molecule has 0 radical (unpaired) electrons. The van der Waals surface area contributed by atoms with Crippen LogP contribution in [-0.4, -0.2) is 46.4 Å². The molecular weight excluding hydrogens is 284 g/mol.